The Morgan fingerprint density at radius 2 is 2.12 bits per heavy atom. The van der Waals surface area contributed by atoms with Gasteiger partial charge in [-0.2, -0.15) is 0 Å². The van der Waals surface area contributed by atoms with Gasteiger partial charge in [0.05, 0.1) is 30.3 Å². The number of amides is 1. The van der Waals surface area contributed by atoms with Crippen LogP contribution in [-0.2, 0) is 16.1 Å². The number of halogens is 1. The van der Waals surface area contributed by atoms with Crippen molar-refractivity contribution in [1.82, 2.24) is 10.3 Å². The maximum atomic E-state index is 14.3. The predicted octanol–water partition coefficient (Wildman–Crippen LogP) is 2.68. The highest BCUT2D eigenvalue weighted by atomic mass is 32.2. The van der Waals surface area contributed by atoms with Crippen molar-refractivity contribution < 1.29 is 18.3 Å². The SMILES string of the molecule is Cc1nc(SCC(=O)NCc2ccc(N3CCOCC3)c(F)c2)oc1C. The van der Waals surface area contributed by atoms with Gasteiger partial charge in [0.1, 0.15) is 11.6 Å². The molecule has 0 radical (unpaired) electrons. The second-order valence-electron chi connectivity index (χ2n) is 6.07. The summed E-state index contributed by atoms with van der Waals surface area (Å²) in [5.41, 5.74) is 2.12. The van der Waals surface area contributed by atoms with Gasteiger partial charge in [-0.1, -0.05) is 17.8 Å². The van der Waals surface area contributed by atoms with Crippen LogP contribution in [0.5, 0.6) is 0 Å². The highest BCUT2D eigenvalue weighted by molar-refractivity contribution is 7.99. The van der Waals surface area contributed by atoms with Crippen molar-refractivity contribution in [2.24, 2.45) is 0 Å². The van der Waals surface area contributed by atoms with Crippen LogP contribution in [0.1, 0.15) is 17.0 Å². The topological polar surface area (TPSA) is 67.6 Å². The number of morpholine rings is 1. The van der Waals surface area contributed by atoms with Gasteiger partial charge in [-0.15, -0.1) is 0 Å². The third-order valence-corrected chi connectivity index (χ3v) is 5.02. The van der Waals surface area contributed by atoms with Crippen LogP contribution in [0.15, 0.2) is 27.8 Å². The monoisotopic (exact) mass is 379 g/mol. The van der Waals surface area contributed by atoms with Crippen LogP contribution in [0.4, 0.5) is 10.1 Å². The minimum atomic E-state index is -0.279. The first kappa shape index (κ1) is 18.7. The highest BCUT2D eigenvalue weighted by Gasteiger charge is 2.15. The molecule has 1 amide bonds. The van der Waals surface area contributed by atoms with Crippen LogP contribution in [0.25, 0.3) is 0 Å². The molecule has 1 aliphatic heterocycles. The van der Waals surface area contributed by atoms with Crippen LogP contribution in [0.3, 0.4) is 0 Å². The van der Waals surface area contributed by atoms with E-state index in [1.807, 2.05) is 24.8 Å². The lowest BCUT2D eigenvalue weighted by atomic mass is 10.1. The van der Waals surface area contributed by atoms with Crippen LogP contribution in [0.2, 0.25) is 0 Å². The Morgan fingerprint density at radius 1 is 1.35 bits per heavy atom. The Kier molecular flexibility index (Phi) is 6.16. The molecular formula is C18H22FN3O3S. The Balaban J connectivity index is 1.49. The van der Waals surface area contributed by atoms with Crippen molar-refractivity contribution in [3.63, 3.8) is 0 Å². The van der Waals surface area contributed by atoms with Crippen molar-refractivity contribution in [3.05, 3.63) is 41.0 Å². The normalized spacial score (nSPS) is 14.5. The number of aryl methyl sites for hydroxylation is 2. The van der Waals surface area contributed by atoms with E-state index < -0.39 is 0 Å². The number of carbonyl (C=O) groups excluding carboxylic acids is 1. The first-order chi connectivity index (χ1) is 12.5. The lowest BCUT2D eigenvalue weighted by molar-refractivity contribution is -0.118. The summed E-state index contributed by atoms with van der Waals surface area (Å²) >= 11 is 1.24. The molecule has 2 aromatic rings. The largest absolute Gasteiger partial charge is 0.437 e. The number of benzene rings is 1. The fourth-order valence-electron chi connectivity index (χ4n) is 2.61. The molecule has 1 saturated heterocycles. The highest BCUT2D eigenvalue weighted by Crippen LogP contribution is 2.22. The number of oxazole rings is 1. The third-order valence-electron chi connectivity index (χ3n) is 4.19. The van der Waals surface area contributed by atoms with E-state index >= 15 is 0 Å². The average Bonchev–Trinajstić information content (AvgIpc) is 2.97. The molecule has 1 aromatic carbocycles. The fraction of sp³-hybridized carbons (Fsp3) is 0.444. The summed E-state index contributed by atoms with van der Waals surface area (Å²) < 4.78 is 25.1. The maximum absolute atomic E-state index is 14.3. The zero-order valence-corrected chi connectivity index (χ0v) is 15.7. The van der Waals surface area contributed by atoms with Gasteiger partial charge in [-0.25, -0.2) is 9.37 Å². The smallest absolute Gasteiger partial charge is 0.256 e. The van der Waals surface area contributed by atoms with Gasteiger partial charge in [0.2, 0.25) is 5.91 Å². The molecule has 0 spiro atoms. The molecule has 1 aromatic heterocycles. The van der Waals surface area contributed by atoms with Crippen molar-refractivity contribution >= 4 is 23.4 Å². The number of hydrogen-bond donors (Lipinski definition) is 1. The Labute approximate surface area is 156 Å². The Bertz CT molecular complexity index is 756. The number of ether oxygens (including phenoxy) is 1. The quantitative estimate of drug-likeness (QED) is 0.779. The summed E-state index contributed by atoms with van der Waals surface area (Å²) in [5, 5.41) is 3.27. The van der Waals surface area contributed by atoms with Crippen LogP contribution >= 0.6 is 11.8 Å². The van der Waals surface area contributed by atoms with Crippen LogP contribution < -0.4 is 10.2 Å². The van der Waals surface area contributed by atoms with E-state index in [9.17, 15) is 9.18 Å². The van der Waals surface area contributed by atoms with Gasteiger partial charge in [0, 0.05) is 19.6 Å². The summed E-state index contributed by atoms with van der Waals surface area (Å²) in [6.45, 7) is 6.56. The minimum absolute atomic E-state index is 0.152. The van der Waals surface area contributed by atoms with Crippen LogP contribution in [0, 0.1) is 19.7 Å². The maximum Gasteiger partial charge on any atom is 0.256 e. The first-order valence-electron chi connectivity index (χ1n) is 8.47. The van der Waals surface area contributed by atoms with E-state index in [1.165, 1.54) is 17.8 Å². The molecule has 3 rings (SSSR count). The number of carbonyl (C=O) groups is 1. The molecule has 1 N–H and O–H groups in total. The third kappa shape index (κ3) is 4.76. The standard InChI is InChI=1S/C18H22FN3O3S/c1-12-13(2)25-18(21-12)26-11-17(23)20-10-14-3-4-16(15(19)9-14)22-5-7-24-8-6-22/h3-4,9H,5-8,10-11H2,1-2H3,(H,20,23). The Morgan fingerprint density at radius 3 is 2.77 bits per heavy atom. The number of hydrogen-bond acceptors (Lipinski definition) is 6. The van der Waals surface area contributed by atoms with Crippen molar-refractivity contribution in [2.75, 3.05) is 37.0 Å². The molecule has 2 heterocycles. The fourth-order valence-corrected chi connectivity index (χ4v) is 3.35. The van der Waals surface area contributed by atoms with E-state index in [4.69, 9.17) is 9.15 Å². The summed E-state index contributed by atoms with van der Waals surface area (Å²) in [7, 11) is 0. The van der Waals surface area contributed by atoms with Gasteiger partial charge >= 0.3 is 0 Å². The molecule has 8 heteroatoms. The molecule has 0 bridgehead atoms. The summed E-state index contributed by atoms with van der Waals surface area (Å²) in [5.74, 6) is 0.525. The number of thioether (sulfide) groups is 1. The molecule has 0 atom stereocenters. The predicted molar refractivity (Wildman–Crippen MR) is 98.0 cm³/mol. The molecule has 0 unspecified atom stereocenters. The van der Waals surface area contributed by atoms with Crippen molar-refractivity contribution in [3.8, 4) is 0 Å². The van der Waals surface area contributed by atoms with Gasteiger partial charge < -0.3 is 19.4 Å². The lowest BCUT2D eigenvalue weighted by Crippen LogP contribution is -2.36. The second kappa shape index (κ2) is 8.55. The van der Waals surface area contributed by atoms with Gasteiger partial charge in [-0.05, 0) is 31.5 Å². The molecular weight excluding hydrogens is 357 g/mol. The van der Waals surface area contributed by atoms with Gasteiger partial charge in [-0.3, -0.25) is 4.79 Å². The van der Waals surface area contributed by atoms with E-state index in [1.54, 1.807) is 6.07 Å². The summed E-state index contributed by atoms with van der Waals surface area (Å²) in [4.78, 5) is 18.2. The van der Waals surface area contributed by atoms with Crippen molar-refractivity contribution in [2.45, 2.75) is 25.6 Å². The minimum Gasteiger partial charge on any atom is -0.437 e. The number of nitrogens with one attached hydrogen (secondary N) is 1. The van der Waals surface area contributed by atoms with E-state index in [2.05, 4.69) is 10.3 Å². The summed E-state index contributed by atoms with van der Waals surface area (Å²) in [6, 6.07) is 5.07. The molecule has 1 aliphatic rings. The molecule has 1 fully saturated rings. The first-order valence-corrected chi connectivity index (χ1v) is 9.46. The molecule has 26 heavy (non-hydrogen) atoms. The van der Waals surface area contributed by atoms with E-state index in [0.717, 1.165) is 17.0 Å². The van der Waals surface area contributed by atoms with E-state index in [0.29, 0.717) is 37.2 Å². The van der Waals surface area contributed by atoms with Gasteiger partial charge in [0.25, 0.3) is 5.22 Å². The zero-order valence-electron chi connectivity index (χ0n) is 14.9. The molecule has 0 aliphatic carbocycles. The zero-order chi connectivity index (χ0) is 18.5. The average molecular weight is 379 g/mol. The van der Waals surface area contributed by atoms with Crippen LogP contribution in [-0.4, -0.2) is 42.9 Å². The molecule has 140 valence electrons. The lowest BCUT2D eigenvalue weighted by Gasteiger charge is -2.29. The second-order valence-corrected chi connectivity index (χ2v) is 7.00. The molecule has 6 nitrogen and oxygen atoms in total. The number of nitrogens with zero attached hydrogens (tertiary/aromatic N) is 2. The number of aromatic nitrogens is 1. The number of rotatable bonds is 6. The van der Waals surface area contributed by atoms with Gasteiger partial charge in [0.15, 0.2) is 0 Å². The molecule has 0 saturated carbocycles. The van der Waals surface area contributed by atoms with E-state index in [-0.39, 0.29) is 24.0 Å². The van der Waals surface area contributed by atoms with Crippen molar-refractivity contribution in [1.29, 1.82) is 0 Å². The summed E-state index contributed by atoms with van der Waals surface area (Å²) in [6.07, 6.45) is 0. The number of anilines is 1. The Hall–Kier alpha value is -2.06.